The monoisotopic (exact) mass is 249 g/mol. The highest BCUT2D eigenvalue weighted by Crippen LogP contribution is 2.10. The molecule has 0 aromatic carbocycles. The maximum Gasteiger partial charge on any atom is 0.251 e. The molecule has 100 valence electrons. The summed E-state index contributed by atoms with van der Waals surface area (Å²) in [6.45, 7) is 8.23. The second-order valence-electron chi connectivity index (χ2n) is 5.03. The molecule has 0 fully saturated rings. The number of nitrogens with two attached hydrogens (primary N) is 1. The molecule has 0 saturated heterocycles. The topological polar surface area (TPSA) is 68.0 Å². The fraction of sp³-hybridized carbons (Fsp3) is 0.571. The van der Waals surface area contributed by atoms with E-state index in [4.69, 9.17) is 5.73 Å². The average molecular weight is 249 g/mol. The third-order valence-corrected chi connectivity index (χ3v) is 3.03. The van der Waals surface area contributed by atoms with E-state index in [-0.39, 0.29) is 11.9 Å². The molecule has 0 aliphatic rings. The maximum absolute atomic E-state index is 12.1. The number of nitrogen functional groups attached to an aromatic ring is 1. The van der Waals surface area contributed by atoms with Crippen LogP contribution in [0.4, 0.5) is 5.82 Å². The van der Waals surface area contributed by atoms with Crippen LogP contribution in [-0.4, -0.2) is 16.9 Å². The molecule has 1 atom stereocenters. The van der Waals surface area contributed by atoms with E-state index in [1.807, 2.05) is 13.0 Å². The van der Waals surface area contributed by atoms with Gasteiger partial charge in [0.2, 0.25) is 0 Å². The van der Waals surface area contributed by atoms with E-state index >= 15 is 0 Å². The first-order valence-corrected chi connectivity index (χ1v) is 6.51. The number of amides is 1. The number of aromatic nitrogens is 1. The second-order valence-corrected chi connectivity index (χ2v) is 5.03. The number of hydrogen-bond donors (Lipinski definition) is 2. The molecular formula is C14H23N3O. The fourth-order valence-corrected chi connectivity index (χ4v) is 1.58. The Balaban J connectivity index is 2.85. The quantitative estimate of drug-likeness (QED) is 0.842. The molecule has 4 heteroatoms. The molecule has 0 bridgehead atoms. The number of hydrogen-bond acceptors (Lipinski definition) is 3. The third-order valence-electron chi connectivity index (χ3n) is 3.03. The van der Waals surface area contributed by atoms with Crippen molar-refractivity contribution in [3.05, 3.63) is 23.4 Å². The Hall–Kier alpha value is -1.58. The molecule has 0 aliphatic heterocycles. The Morgan fingerprint density at radius 3 is 2.61 bits per heavy atom. The number of carbonyl (C=O) groups is 1. The number of pyridine rings is 1. The van der Waals surface area contributed by atoms with Crippen molar-refractivity contribution in [3.8, 4) is 0 Å². The van der Waals surface area contributed by atoms with Gasteiger partial charge in [0.25, 0.3) is 5.91 Å². The van der Waals surface area contributed by atoms with Gasteiger partial charge in [-0.3, -0.25) is 4.79 Å². The zero-order chi connectivity index (χ0) is 13.7. The lowest BCUT2D eigenvalue weighted by molar-refractivity contribution is 0.0930. The predicted molar refractivity (Wildman–Crippen MR) is 74.4 cm³/mol. The zero-order valence-electron chi connectivity index (χ0n) is 11.7. The van der Waals surface area contributed by atoms with Crippen LogP contribution in [0.25, 0.3) is 0 Å². The van der Waals surface area contributed by atoms with Crippen molar-refractivity contribution in [2.45, 2.75) is 46.6 Å². The highest BCUT2D eigenvalue weighted by atomic mass is 16.1. The Bertz CT molecular complexity index is 416. The lowest BCUT2D eigenvalue weighted by Gasteiger charge is -2.17. The number of nitrogens with one attached hydrogen (secondary N) is 1. The molecule has 1 heterocycles. The average Bonchev–Trinajstić information content (AvgIpc) is 2.28. The fourth-order valence-electron chi connectivity index (χ4n) is 1.58. The van der Waals surface area contributed by atoms with E-state index in [1.54, 1.807) is 6.07 Å². The van der Waals surface area contributed by atoms with Gasteiger partial charge in [0.1, 0.15) is 5.82 Å². The van der Waals surface area contributed by atoms with Gasteiger partial charge in [-0.05, 0) is 31.4 Å². The first-order valence-electron chi connectivity index (χ1n) is 6.51. The van der Waals surface area contributed by atoms with Crippen molar-refractivity contribution in [2.75, 3.05) is 5.73 Å². The molecule has 1 unspecified atom stereocenters. The molecule has 1 amide bonds. The molecule has 0 radical (unpaired) electrons. The molecule has 0 saturated carbocycles. The van der Waals surface area contributed by atoms with Crippen molar-refractivity contribution < 1.29 is 4.79 Å². The van der Waals surface area contributed by atoms with Crippen molar-refractivity contribution in [1.82, 2.24) is 10.3 Å². The minimum Gasteiger partial charge on any atom is -0.384 e. The van der Waals surface area contributed by atoms with Crippen molar-refractivity contribution >= 4 is 11.7 Å². The molecule has 4 nitrogen and oxygen atoms in total. The van der Waals surface area contributed by atoms with Crippen LogP contribution < -0.4 is 11.1 Å². The molecular weight excluding hydrogens is 226 g/mol. The number of anilines is 1. The van der Waals surface area contributed by atoms with Gasteiger partial charge in [0.15, 0.2) is 0 Å². The predicted octanol–water partition coefficient (Wildman–Crippen LogP) is 2.39. The largest absolute Gasteiger partial charge is 0.384 e. The van der Waals surface area contributed by atoms with Gasteiger partial charge >= 0.3 is 0 Å². The van der Waals surface area contributed by atoms with E-state index < -0.39 is 0 Å². The van der Waals surface area contributed by atoms with E-state index in [9.17, 15) is 4.79 Å². The third kappa shape index (κ3) is 4.02. The molecule has 1 aromatic heterocycles. The summed E-state index contributed by atoms with van der Waals surface area (Å²) in [6, 6.07) is 3.59. The lowest BCUT2D eigenvalue weighted by Crippen LogP contribution is -2.36. The standard InChI is InChI=1S/C14H23N3O/c1-5-6-12-7-11(8-13(15)17-12)14(18)16-10(4)9(2)3/h7-10H,5-6H2,1-4H3,(H2,15,17)(H,16,18). The highest BCUT2D eigenvalue weighted by molar-refractivity contribution is 5.95. The number of nitrogens with zero attached hydrogens (tertiary/aromatic N) is 1. The van der Waals surface area contributed by atoms with Crippen molar-refractivity contribution in [1.29, 1.82) is 0 Å². The SMILES string of the molecule is CCCc1cc(C(=O)NC(C)C(C)C)cc(N)n1. The Morgan fingerprint density at radius 1 is 1.39 bits per heavy atom. The van der Waals surface area contributed by atoms with E-state index in [2.05, 4.69) is 31.1 Å². The van der Waals surface area contributed by atoms with Gasteiger partial charge in [-0.15, -0.1) is 0 Å². The summed E-state index contributed by atoms with van der Waals surface area (Å²) in [4.78, 5) is 16.3. The van der Waals surface area contributed by atoms with E-state index in [0.717, 1.165) is 18.5 Å². The number of rotatable bonds is 5. The Kier molecular flexibility index (Phi) is 5.13. The molecule has 0 spiro atoms. The summed E-state index contributed by atoms with van der Waals surface area (Å²) in [7, 11) is 0. The van der Waals surface area contributed by atoms with Crippen LogP contribution in [0.5, 0.6) is 0 Å². The Morgan fingerprint density at radius 2 is 2.06 bits per heavy atom. The minimum absolute atomic E-state index is 0.0809. The summed E-state index contributed by atoms with van der Waals surface area (Å²) in [5.41, 5.74) is 7.20. The van der Waals surface area contributed by atoms with Crippen LogP contribution in [0.1, 0.15) is 50.2 Å². The molecule has 0 aliphatic carbocycles. The van der Waals surface area contributed by atoms with Gasteiger partial charge in [0.05, 0.1) is 0 Å². The number of aryl methyl sites for hydroxylation is 1. The van der Waals surface area contributed by atoms with Crippen LogP contribution in [0.15, 0.2) is 12.1 Å². The summed E-state index contributed by atoms with van der Waals surface area (Å²) in [5.74, 6) is 0.731. The molecule has 1 aromatic rings. The minimum atomic E-state index is -0.0809. The maximum atomic E-state index is 12.1. The summed E-state index contributed by atoms with van der Waals surface area (Å²) in [5, 5.41) is 2.97. The first-order chi connectivity index (χ1) is 8.43. The first kappa shape index (κ1) is 14.5. The Labute approximate surface area is 109 Å². The van der Waals surface area contributed by atoms with Crippen LogP contribution in [0.3, 0.4) is 0 Å². The highest BCUT2D eigenvalue weighted by Gasteiger charge is 2.13. The summed E-state index contributed by atoms with van der Waals surface area (Å²) in [6.07, 6.45) is 1.82. The second kappa shape index (κ2) is 6.38. The van der Waals surface area contributed by atoms with E-state index in [1.165, 1.54) is 0 Å². The van der Waals surface area contributed by atoms with Crippen LogP contribution in [0.2, 0.25) is 0 Å². The van der Waals surface area contributed by atoms with Crippen molar-refractivity contribution in [2.24, 2.45) is 5.92 Å². The molecule has 3 N–H and O–H groups in total. The van der Waals surface area contributed by atoms with Crippen molar-refractivity contribution in [3.63, 3.8) is 0 Å². The van der Waals surface area contributed by atoms with Crippen LogP contribution in [0, 0.1) is 5.92 Å². The van der Waals surface area contributed by atoms with Gasteiger partial charge in [-0.25, -0.2) is 4.98 Å². The van der Waals surface area contributed by atoms with Gasteiger partial charge in [-0.1, -0.05) is 27.2 Å². The molecule has 18 heavy (non-hydrogen) atoms. The van der Waals surface area contributed by atoms with Crippen LogP contribution in [-0.2, 0) is 6.42 Å². The number of carbonyl (C=O) groups excluding carboxylic acids is 1. The smallest absolute Gasteiger partial charge is 0.251 e. The zero-order valence-corrected chi connectivity index (χ0v) is 11.7. The normalized spacial score (nSPS) is 12.5. The van der Waals surface area contributed by atoms with E-state index in [0.29, 0.717) is 17.3 Å². The summed E-state index contributed by atoms with van der Waals surface area (Å²) < 4.78 is 0. The summed E-state index contributed by atoms with van der Waals surface area (Å²) >= 11 is 0. The van der Waals surface area contributed by atoms with Crippen LogP contribution >= 0.6 is 0 Å². The van der Waals surface area contributed by atoms with Gasteiger partial charge in [0, 0.05) is 17.3 Å². The lowest BCUT2D eigenvalue weighted by atomic mass is 10.1. The van der Waals surface area contributed by atoms with Gasteiger partial charge in [-0.2, -0.15) is 0 Å². The van der Waals surface area contributed by atoms with Gasteiger partial charge < -0.3 is 11.1 Å². The molecule has 1 rings (SSSR count).